The standard InChI is InChI=1S/C53H94O12S/c1-3-5-7-9-11-13-15-17-19-21-22-23-24-25-27-29-31-33-35-37-39-41-43-61-45-47(46-62-53-51(57)52(65-66(58,59)60)50(56)48(44-54)64-53)63-49(55)42-40-38-36-34-32-30-28-26-20-18-16-14-12-10-8-6-4-2/h6,8,12,14,18,20,28,30,34,36,47-48,50-54,56-57H,3-5,7,9-11,13,15-17,19,21-27,29,31-33,35,37-46H2,1-2H3,(H,58,59,60)/b8-6-,14-12-,20-18-,30-28-,36-34-. The summed E-state index contributed by atoms with van der Waals surface area (Å²) in [5.41, 5.74) is 0. The Kier molecular flexibility index (Phi) is 41.2. The zero-order chi connectivity index (χ0) is 48.2. The van der Waals surface area contributed by atoms with Gasteiger partial charge in [-0.3, -0.25) is 9.35 Å². The predicted octanol–water partition coefficient (Wildman–Crippen LogP) is 12.1. The number of ether oxygens (including phenoxy) is 4. The number of aliphatic hydroxyl groups excluding tert-OH is 3. The number of carbonyl (C=O) groups excluding carboxylic acids is 1. The van der Waals surface area contributed by atoms with E-state index >= 15 is 0 Å². The third kappa shape index (κ3) is 36.8. The molecule has 6 unspecified atom stereocenters. The van der Waals surface area contributed by atoms with E-state index in [4.69, 9.17) is 18.9 Å². The fraction of sp³-hybridized carbons (Fsp3) is 0.792. The zero-order valence-electron chi connectivity index (χ0n) is 41.2. The van der Waals surface area contributed by atoms with Crippen molar-refractivity contribution in [2.24, 2.45) is 0 Å². The van der Waals surface area contributed by atoms with Crippen molar-refractivity contribution in [2.45, 2.75) is 243 Å². The molecule has 1 aliphatic rings. The summed E-state index contributed by atoms with van der Waals surface area (Å²) in [6.45, 7) is 3.83. The first-order valence-corrected chi connectivity index (χ1v) is 27.4. The van der Waals surface area contributed by atoms with Crippen molar-refractivity contribution in [1.29, 1.82) is 0 Å². The van der Waals surface area contributed by atoms with E-state index in [1.807, 2.05) is 6.08 Å². The number of carbonyl (C=O) groups is 1. The summed E-state index contributed by atoms with van der Waals surface area (Å²) in [4.78, 5) is 12.9. The van der Waals surface area contributed by atoms with Gasteiger partial charge in [-0.05, 0) is 51.4 Å². The fourth-order valence-corrected chi connectivity index (χ4v) is 8.28. The largest absolute Gasteiger partial charge is 0.457 e. The Balaban J connectivity index is 2.37. The highest BCUT2D eigenvalue weighted by atomic mass is 32.3. The molecule has 66 heavy (non-hydrogen) atoms. The molecular weight excluding hydrogens is 861 g/mol. The van der Waals surface area contributed by atoms with Crippen LogP contribution in [0.15, 0.2) is 60.8 Å². The van der Waals surface area contributed by atoms with Crippen molar-refractivity contribution in [3.8, 4) is 0 Å². The van der Waals surface area contributed by atoms with Gasteiger partial charge in [-0.1, -0.05) is 209 Å². The third-order valence-corrected chi connectivity index (χ3v) is 12.1. The minimum Gasteiger partial charge on any atom is -0.457 e. The van der Waals surface area contributed by atoms with Gasteiger partial charge in [0.05, 0.1) is 19.8 Å². The minimum absolute atomic E-state index is 0.0135. The Hall–Kier alpha value is -2.20. The Morgan fingerprint density at radius 1 is 0.591 bits per heavy atom. The Labute approximate surface area is 401 Å². The Morgan fingerprint density at radius 3 is 1.47 bits per heavy atom. The van der Waals surface area contributed by atoms with Crippen LogP contribution in [-0.4, -0.2) is 97.5 Å². The maximum atomic E-state index is 12.9. The second-order valence-corrected chi connectivity index (χ2v) is 18.8. The second kappa shape index (κ2) is 44.0. The van der Waals surface area contributed by atoms with Gasteiger partial charge in [-0.2, -0.15) is 8.42 Å². The van der Waals surface area contributed by atoms with Gasteiger partial charge in [0.25, 0.3) is 0 Å². The number of aliphatic hydroxyl groups is 3. The van der Waals surface area contributed by atoms with Crippen LogP contribution in [0.5, 0.6) is 0 Å². The number of unbranched alkanes of at least 4 members (excludes halogenated alkanes) is 22. The number of rotatable bonds is 45. The summed E-state index contributed by atoms with van der Waals surface area (Å²) in [7, 11) is -5.07. The number of hydrogen-bond acceptors (Lipinski definition) is 11. The molecule has 0 saturated carbocycles. The molecule has 0 bridgehead atoms. The SMILES string of the molecule is CC/C=C\C/C=C\C/C=C\C/C=C\C/C=C\CCCC(=O)OC(COCCCCCCCCCCCCCCCCCCCCCCCC)COC1OC(CO)C(O)C(OS(=O)(=O)O)C1O. The Morgan fingerprint density at radius 2 is 1.03 bits per heavy atom. The molecule has 0 aromatic heterocycles. The van der Waals surface area contributed by atoms with Crippen molar-refractivity contribution in [3.63, 3.8) is 0 Å². The summed E-state index contributed by atoms with van der Waals surface area (Å²) in [6, 6.07) is 0. The molecule has 0 spiro atoms. The van der Waals surface area contributed by atoms with Gasteiger partial charge in [-0.15, -0.1) is 0 Å². The predicted molar refractivity (Wildman–Crippen MR) is 266 cm³/mol. The highest BCUT2D eigenvalue weighted by molar-refractivity contribution is 7.80. The maximum Gasteiger partial charge on any atom is 0.397 e. The lowest BCUT2D eigenvalue weighted by atomic mass is 9.99. The highest BCUT2D eigenvalue weighted by Gasteiger charge is 2.48. The van der Waals surface area contributed by atoms with Crippen molar-refractivity contribution < 1.29 is 56.2 Å². The maximum absolute atomic E-state index is 12.9. The molecule has 384 valence electrons. The first-order valence-electron chi connectivity index (χ1n) is 26.0. The molecule has 0 aliphatic carbocycles. The van der Waals surface area contributed by atoms with E-state index in [0.717, 1.165) is 51.4 Å². The lowest BCUT2D eigenvalue weighted by Crippen LogP contribution is -2.60. The van der Waals surface area contributed by atoms with Gasteiger partial charge in [0.15, 0.2) is 6.29 Å². The second-order valence-electron chi connectivity index (χ2n) is 17.7. The summed E-state index contributed by atoms with van der Waals surface area (Å²) in [5.74, 6) is -0.453. The van der Waals surface area contributed by atoms with Gasteiger partial charge in [0.1, 0.15) is 30.5 Å². The summed E-state index contributed by atoms with van der Waals surface area (Å²) < 4.78 is 59.2. The molecule has 1 heterocycles. The van der Waals surface area contributed by atoms with Crippen LogP contribution in [-0.2, 0) is 38.3 Å². The molecule has 0 aromatic carbocycles. The highest BCUT2D eigenvalue weighted by Crippen LogP contribution is 2.26. The van der Waals surface area contributed by atoms with Crippen LogP contribution in [0.4, 0.5) is 0 Å². The quantitative estimate of drug-likeness (QED) is 0.0197. The lowest BCUT2D eigenvalue weighted by Gasteiger charge is -2.41. The first-order chi connectivity index (χ1) is 32.1. The van der Waals surface area contributed by atoms with Gasteiger partial charge >= 0.3 is 16.4 Å². The van der Waals surface area contributed by atoms with E-state index in [0.29, 0.717) is 19.4 Å². The molecule has 1 rings (SSSR count). The third-order valence-electron chi connectivity index (χ3n) is 11.7. The number of esters is 1. The zero-order valence-corrected chi connectivity index (χ0v) is 42.1. The van der Waals surface area contributed by atoms with Gasteiger partial charge in [0.2, 0.25) is 0 Å². The topological polar surface area (TPSA) is 178 Å². The molecule has 1 saturated heterocycles. The molecule has 1 fully saturated rings. The molecular formula is C53H94O12S. The molecule has 4 N–H and O–H groups in total. The number of allylic oxidation sites excluding steroid dienone is 10. The molecule has 1 aliphatic heterocycles. The van der Waals surface area contributed by atoms with Crippen LogP contribution in [0.3, 0.4) is 0 Å². The Bertz CT molecular complexity index is 1380. The summed E-state index contributed by atoms with van der Waals surface area (Å²) >= 11 is 0. The van der Waals surface area contributed by atoms with E-state index in [-0.39, 0.29) is 19.6 Å². The summed E-state index contributed by atoms with van der Waals surface area (Å²) in [6.07, 6.45) is 47.0. The molecule has 6 atom stereocenters. The lowest BCUT2D eigenvalue weighted by molar-refractivity contribution is -0.301. The number of hydrogen-bond donors (Lipinski definition) is 4. The van der Waals surface area contributed by atoms with Gasteiger partial charge in [0, 0.05) is 13.0 Å². The van der Waals surface area contributed by atoms with E-state index in [1.165, 1.54) is 122 Å². The van der Waals surface area contributed by atoms with Crippen LogP contribution < -0.4 is 0 Å². The van der Waals surface area contributed by atoms with Crippen LogP contribution >= 0.6 is 0 Å². The van der Waals surface area contributed by atoms with Crippen molar-refractivity contribution in [3.05, 3.63) is 60.8 Å². The minimum atomic E-state index is -5.07. The monoisotopic (exact) mass is 955 g/mol. The summed E-state index contributed by atoms with van der Waals surface area (Å²) in [5, 5.41) is 30.7. The average Bonchev–Trinajstić information content (AvgIpc) is 3.29. The molecule has 12 nitrogen and oxygen atoms in total. The fourth-order valence-electron chi connectivity index (χ4n) is 7.77. The molecule has 0 aromatic rings. The smallest absolute Gasteiger partial charge is 0.397 e. The van der Waals surface area contributed by atoms with Crippen LogP contribution in [0, 0.1) is 0 Å². The normalized spacial score (nSPS) is 20.0. The van der Waals surface area contributed by atoms with Crippen molar-refractivity contribution in [2.75, 3.05) is 26.4 Å². The van der Waals surface area contributed by atoms with E-state index in [9.17, 15) is 33.1 Å². The van der Waals surface area contributed by atoms with E-state index < -0.39 is 59.8 Å². The van der Waals surface area contributed by atoms with Gasteiger partial charge < -0.3 is 34.3 Å². The van der Waals surface area contributed by atoms with Crippen LogP contribution in [0.25, 0.3) is 0 Å². The first kappa shape index (κ1) is 61.8. The van der Waals surface area contributed by atoms with Crippen LogP contribution in [0.2, 0.25) is 0 Å². The average molecular weight is 955 g/mol. The molecule has 0 radical (unpaired) electrons. The van der Waals surface area contributed by atoms with Crippen LogP contribution in [0.1, 0.15) is 206 Å². The molecule has 13 heteroatoms. The van der Waals surface area contributed by atoms with Crippen molar-refractivity contribution in [1.82, 2.24) is 0 Å². The van der Waals surface area contributed by atoms with E-state index in [1.54, 1.807) is 0 Å². The molecule has 0 amide bonds. The van der Waals surface area contributed by atoms with Crippen molar-refractivity contribution >= 4 is 16.4 Å². The van der Waals surface area contributed by atoms with Gasteiger partial charge in [-0.25, -0.2) is 4.18 Å². The van der Waals surface area contributed by atoms with E-state index in [2.05, 4.69) is 72.7 Å².